The minimum Gasteiger partial charge on any atom is -0.490 e. The van der Waals surface area contributed by atoms with Crippen molar-refractivity contribution in [2.24, 2.45) is 0 Å². The molecule has 3 aromatic carbocycles. The van der Waals surface area contributed by atoms with Crippen LogP contribution in [-0.4, -0.2) is 23.1 Å². The molecule has 0 fully saturated rings. The lowest BCUT2D eigenvalue weighted by Gasteiger charge is -2.15. The first-order valence-electron chi connectivity index (χ1n) is 9.60. The van der Waals surface area contributed by atoms with E-state index < -0.39 is 16.6 Å². The number of hydrogen-bond acceptors (Lipinski definition) is 5. The Morgan fingerprint density at radius 1 is 1.12 bits per heavy atom. The number of nitro groups is 1. The van der Waals surface area contributed by atoms with Crippen molar-refractivity contribution in [1.29, 1.82) is 0 Å². The third kappa shape index (κ3) is 5.30. The van der Waals surface area contributed by atoms with E-state index in [4.69, 9.17) is 27.9 Å². The molecule has 3 aromatic rings. The molecule has 32 heavy (non-hydrogen) atoms. The molecule has 0 saturated carbocycles. The number of rotatable bonds is 8. The Bertz CT molecular complexity index is 1170. The molecule has 3 rings (SSSR count). The fourth-order valence-corrected chi connectivity index (χ4v) is 3.63. The SMILES string of the molecule is COc1cc(Nc2ccc(CC(C)c3ccc(Cl)c(Cl)c3)cc2)c(C(=O)O)cc1[N+](=O)[O-]. The van der Waals surface area contributed by atoms with Gasteiger partial charge in [0.15, 0.2) is 5.75 Å². The topological polar surface area (TPSA) is 102 Å². The molecular weight excluding hydrogens is 455 g/mol. The summed E-state index contributed by atoms with van der Waals surface area (Å²) in [6, 6.07) is 15.4. The molecule has 9 heteroatoms. The van der Waals surface area contributed by atoms with Gasteiger partial charge in [-0.15, -0.1) is 0 Å². The Labute approximate surface area is 194 Å². The van der Waals surface area contributed by atoms with Crippen LogP contribution in [0.15, 0.2) is 54.6 Å². The number of carboxylic acid groups (broad SMARTS) is 1. The molecule has 0 aliphatic rings. The van der Waals surface area contributed by atoms with Gasteiger partial charge in [0, 0.05) is 17.8 Å². The zero-order chi connectivity index (χ0) is 23.4. The fraction of sp³-hybridized carbons (Fsp3) is 0.174. The summed E-state index contributed by atoms with van der Waals surface area (Å²) in [5.74, 6) is -1.11. The molecule has 0 aliphatic carbocycles. The van der Waals surface area contributed by atoms with Gasteiger partial charge in [-0.1, -0.05) is 48.3 Å². The highest BCUT2D eigenvalue weighted by Crippen LogP contribution is 2.35. The number of carboxylic acids is 1. The van der Waals surface area contributed by atoms with Gasteiger partial charge in [0.05, 0.1) is 33.3 Å². The van der Waals surface area contributed by atoms with Crippen LogP contribution >= 0.6 is 23.2 Å². The van der Waals surface area contributed by atoms with Crippen molar-refractivity contribution in [3.8, 4) is 5.75 Å². The van der Waals surface area contributed by atoms with Gasteiger partial charge in [-0.3, -0.25) is 10.1 Å². The van der Waals surface area contributed by atoms with E-state index in [1.807, 2.05) is 36.4 Å². The van der Waals surface area contributed by atoms with Crippen molar-refractivity contribution >= 4 is 46.2 Å². The quantitative estimate of drug-likeness (QED) is 0.278. The largest absolute Gasteiger partial charge is 0.490 e. The summed E-state index contributed by atoms with van der Waals surface area (Å²) in [6.07, 6.45) is 0.768. The molecule has 0 radical (unpaired) electrons. The highest BCUT2D eigenvalue weighted by atomic mass is 35.5. The number of halogens is 2. The normalized spacial score (nSPS) is 11.6. The average Bonchev–Trinajstić information content (AvgIpc) is 2.76. The zero-order valence-electron chi connectivity index (χ0n) is 17.3. The molecule has 0 amide bonds. The monoisotopic (exact) mass is 474 g/mol. The number of ether oxygens (including phenoxy) is 1. The summed E-state index contributed by atoms with van der Waals surface area (Å²) in [5.41, 5.74) is 2.34. The van der Waals surface area contributed by atoms with Gasteiger partial charge in [-0.05, 0) is 47.7 Å². The van der Waals surface area contributed by atoms with Crippen LogP contribution in [0.4, 0.5) is 17.1 Å². The van der Waals surface area contributed by atoms with Crippen molar-refractivity contribution in [3.05, 3.63) is 91.4 Å². The Hall–Kier alpha value is -3.29. The lowest BCUT2D eigenvalue weighted by molar-refractivity contribution is -0.385. The molecule has 0 saturated heterocycles. The minimum atomic E-state index is -1.29. The molecule has 2 N–H and O–H groups in total. The number of nitrogens with one attached hydrogen (secondary N) is 1. The highest BCUT2D eigenvalue weighted by Gasteiger charge is 2.22. The van der Waals surface area contributed by atoms with Crippen molar-refractivity contribution in [2.45, 2.75) is 19.3 Å². The summed E-state index contributed by atoms with van der Waals surface area (Å²) in [7, 11) is 1.29. The Morgan fingerprint density at radius 3 is 2.38 bits per heavy atom. The smallest absolute Gasteiger partial charge is 0.338 e. The van der Waals surface area contributed by atoms with Crippen molar-refractivity contribution in [1.82, 2.24) is 0 Å². The second kappa shape index (κ2) is 9.89. The second-order valence-corrected chi connectivity index (χ2v) is 8.05. The van der Waals surface area contributed by atoms with E-state index >= 15 is 0 Å². The van der Waals surface area contributed by atoms with Gasteiger partial charge in [0.2, 0.25) is 0 Å². The van der Waals surface area contributed by atoms with Crippen LogP contribution in [0.1, 0.15) is 34.3 Å². The minimum absolute atomic E-state index is 0.0328. The number of nitrogens with zero attached hydrogens (tertiary/aromatic N) is 1. The van der Waals surface area contributed by atoms with Gasteiger partial charge in [-0.2, -0.15) is 0 Å². The van der Waals surface area contributed by atoms with E-state index in [9.17, 15) is 20.0 Å². The number of methoxy groups -OCH3 is 1. The molecule has 0 bridgehead atoms. The standard InChI is InChI=1S/C23H20Cl2N2O5/c1-13(15-5-8-18(24)19(25)10-15)9-14-3-6-16(7-4-14)26-20-12-22(32-2)21(27(30)31)11-17(20)23(28)29/h3-8,10-13,26H,9H2,1-2H3,(H,28,29). The van der Waals surface area contributed by atoms with Gasteiger partial charge >= 0.3 is 11.7 Å². The van der Waals surface area contributed by atoms with Crippen LogP contribution in [-0.2, 0) is 6.42 Å². The van der Waals surface area contributed by atoms with Crippen LogP contribution in [0.25, 0.3) is 0 Å². The third-order valence-corrected chi connectivity index (χ3v) is 5.77. The Balaban J connectivity index is 1.80. The number of aromatic carboxylic acids is 1. The fourth-order valence-electron chi connectivity index (χ4n) is 3.32. The highest BCUT2D eigenvalue weighted by molar-refractivity contribution is 6.42. The molecule has 7 nitrogen and oxygen atoms in total. The van der Waals surface area contributed by atoms with Gasteiger partial charge in [-0.25, -0.2) is 4.79 Å². The summed E-state index contributed by atoms with van der Waals surface area (Å²) in [5, 5.41) is 24.7. The molecule has 0 heterocycles. The predicted molar refractivity (Wildman–Crippen MR) is 125 cm³/mol. The number of hydrogen-bond donors (Lipinski definition) is 2. The summed E-state index contributed by atoms with van der Waals surface area (Å²) < 4.78 is 5.05. The van der Waals surface area contributed by atoms with Gasteiger partial charge in [0.25, 0.3) is 0 Å². The first-order valence-corrected chi connectivity index (χ1v) is 10.4. The van der Waals surface area contributed by atoms with Crippen LogP contribution in [0.3, 0.4) is 0 Å². The maximum absolute atomic E-state index is 11.6. The van der Waals surface area contributed by atoms with E-state index in [-0.39, 0.29) is 22.9 Å². The molecule has 1 atom stereocenters. The second-order valence-electron chi connectivity index (χ2n) is 7.23. The zero-order valence-corrected chi connectivity index (χ0v) is 18.8. The Morgan fingerprint density at radius 2 is 1.81 bits per heavy atom. The average molecular weight is 475 g/mol. The number of anilines is 2. The molecule has 0 aromatic heterocycles. The molecule has 1 unspecified atom stereocenters. The van der Waals surface area contributed by atoms with E-state index in [0.717, 1.165) is 23.6 Å². The van der Waals surface area contributed by atoms with Gasteiger partial charge in [0.1, 0.15) is 0 Å². The maximum Gasteiger partial charge on any atom is 0.338 e. The lowest BCUT2D eigenvalue weighted by atomic mass is 9.94. The van der Waals surface area contributed by atoms with Gasteiger partial charge < -0.3 is 15.2 Å². The first-order chi connectivity index (χ1) is 15.2. The third-order valence-electron chi connectivity index (χ3n) is 5.03. The molecule has 0 spiro atoms. The van der Waals surface area contributed by atoms with E-state index in [1.54, 1.807) is 6.07 Å². The number of nitro benzene ring substituents is 1. The van der Waals surface area contributed by atoms with E-state index in [2.05, 4.69) is 12.2 Å². The van der Waals surface area contributed by atoms with Crippen LogP contribution in [0, 0.1) is 10.1 Å². The predicted octanol–water partition coefficient (Wildman–Crippen LogP) is 6.70. The van der Waals surface area contributed by atoms with Crippen LogP contribution in [0.5, 0.6) is 5.75 Å². The molecule has 166 valence electrons. The number of carbonyl (C=O) groups is 1. The lowest BCUT2D eigenvalue weighted by Crippen LogP contribution is -2.06. The van der Waals surface area contributed by atoms with E-state index in [1.165, 1.54) is 13.2 Å². The molecular formula is C23H20Cl2N2O5. The first kappa shape index (κ1) is 23.4. The number of benzene rings is 3. The van der Waals surface area contributed by atoms with Crippen LogP contribution in [0.2, 0.25) is 10.0 Å². The van der Waals surface area contributed by atoms with Crippen molar-refractivity contribution in [3.63, 3.8) is 0 Å². The summed E-state index contributed by atoms with van der Waals surface area (Å²) in [4.78, 5) is 22.1. The Kier molecular flexibility index (Phi) is 7.22. The van der Waals surface area contributed by atoms with Crippen molar-refractivity contribution < 1.29 is 19.6 Å². The van der Waals surface area contributed by atoms with Crippen molar-refractivity contribution in [2.75, 3.05) is 12.4 Å². The summed E-state index contributed by atoms with van der Waals surface area (Å²) in [6.45, 7) is 2.09. The molecule has 0 aliphatic heterocycles. The summed E-state index contributed by atoms with van der Waals surface area (Å²) >= 11 is 12.1. The van der Waals surface area contributed by atoms with E-state index in [0.29, 0.717) is 15.7 Å². The van der Waals surface area contributed by atoms with Crippen LogP contribution < -0.4 is 10.1 Å². The maximum atomic E-state index is 11.6.